The Hall–Kier alpha value is -1.83. The van der Waals surface area contributed by atoms with Crippen LogP contribution in [0.3, 0.4) is 0 Å². The Morgan fingerprint density at radius 3 is 2.44 bits per heavy atom. The van der Waals surface area contributed by atoms with Crippen molar-refractivity contribution in [1.29, 1.82) is 0 Å². The van der Waals surface area contributed by atoms with Gasteiger partial charge in [-0.05, 0) is 29.7 Å². The van der Waals surface area contributed by atoms with E-state index >= 15 is 0 Å². The predicted molar refractivity (Wildman–Crippen MR) is 68.1 cm³/mol. The lowest BCUT2D eigenvalue weighted by atomic mass is 10.0. The summed E-state index contributed by atoms with van der Waals surface area (Å²) in [6.07, 6.45) is 1.82. The monoisotopic (exact) mass is 212 g/mol. The molecule has 0 saturated carbocycles. The van der Waals surface area contributed by atoms with Crippen molar-refractivity contribution in [1.82, 2.24) is 4.98 Å². The Morgan fingerprint density at radius 1 is 1.00 bits per heavy atom. The van der Waals surface area contributed by atoms with Crippen LogP contribution < -0.4 is 5.32 Å². The summed E-state index contributed by atoms with van der Waals surface area (Å²) in [6.45, 7) is 4.35. The normalized spacial score (nSPS) is 10.4. The summed E-state index contributed by atoms with van der Waals surface area (Å²) in [5.74, 6) is 1.42. The number of nitrogens with zero attached hydrogens (tertiary/aromatic N) is 1. The Balaban J connectivity index is 2.28. The first-order valence-corrected chi connectivity index (χ1v) is 5.54. The number of benzene rings is 1. The molecule has 0 unspecified atom stereocenters. The molecule has 0 amide bonds. The molecule has 1 aromatic carbocycles. The largest absolute Gasteiger partial charge is 0.340 e. The average molecular weight is 212 g/mol. The van der Waals surface area contributed by atoms with Gasteiger partial charge in [-0.25, -0.2) is 4.98 Å². The van der Waals surface area contributed by atoms with Gasteiger partial charge in [-0.3, -0.25) is 0 Å². The van der Waals surface area contributed by atoms with Crippen molar-refractivity contribution in [2.75, 3.05) is 5.32 Å². The average Bonchev–Trinajstić information content (AvgIpc) is 2.31. The maximum Gasteiger partial charge on any atom is 0.133 e. The van der Waals surface area contributed by atoms with E-state index in [0.717, 1.165) is 11.5 Å². The van der Waals surface area contributed by atoms with Crippen molar-refractivity contribution in [2.24, 2.45) is 0 Å². The fourth-order valence-corrected chi connectivity index (χ4v) is 1.65. The van der Waals surface area contributed by atoms with Gasteiger partial charge in [0, 0.05) is 11.9 Å². The minimum atomic E-state index is 0.472. The van der Waals surface area contributed by atoms with E-state index in [4.69, 9.17) is 0 Å². The lowest BCUT2D eigenvalue weighted by molar-refractivity contribution is 0.861. The third-order valence-electron chi connectivity index (χ3n) is 2.50. The smallest absolute Gasteiger partial charge is 0.133 e. The summed E-state index contributed by atoms with van der Waals surface area (Å²) in [6, 6.07) is 14.2. The molecule has 0 aliphatic rings. The second-order valence-electron chi connectivity index (χ2n) is 4.09. The van der Waals surface area contributed by atoms with Crippen molar-refractivity contribution in [3.8, 4) is 0 Å². The van der Waals surface area contributed by atoms with Gasteiger partial charge >= 0.3 is 0 Å². The standard InChI is InChI=1S/C14H16N2/c1-11(2)13-9-6-10-15-14(13)16-12-7-4-3-5-8-12/h3-11H,1-2H3,(H,15,16). The number of hydrogen-bond acceptors (Lipinski definition) is 2. The first kappa shape index (κ1) is 10.7. The zero-order valence-electron chi connectivity index (χ0n) is 9.64. The topological polar surface area (TPSA) is 24.9 Å². The molecular formula is C14H16N2. The number of anilines is 2. The first-order valence-electron chi connectivity index (χ1n) is 5.54. The molecule has 0 radical (unpaired) electrons. The third kappa shape index (κ3) is 2.40. The highest BCUT2D eigenvalue weighted by Crippen LogP contribution is 2.24. The molecule has 0 aliphatic heterocycles. The Bertz CT molecular complexity index is 449. The number of pyridine rings is 1. The van der Waals surface area contributed by atoms with E-state index in [2.05, 4.69) is 30.2 Å². The minimum Gasteiger partial charge on any atom is -0.340 e. The summed E-state index contributed by atoms with van der Waals surface area (Å²) in [7, 11) is 0. The first-order chi connectivity index (χ1) is 7.77. The molecule has 0 fully saturated rings. The number of aromatic nitrogens is 1. The number of para-hydroxylation sites is 1. The quantitative estimate of drug-likeness (QED) is 0.833. The Labute approximate surface area is 96.4 Å². The maximum atomic E-state index is 4.38. The fourth-order valence-electron chi connectivity index (χ4n) is 1.65. The van der Waals surface area contributed by atoms with Gasteiger partial charge in [0.1, 0.15) is 5.82 Å². The van der Waals surface area contributed by atoms with Gasteiger partial charge < -0.3 is 5.32 Å². The van der Waals surface area contributed by atoms with Crippen LogP contribution in [0, 0.1) is 0 Å². The maximum absolute atomic E-state index is 4.38. The van der Waals surface area contributed by atoms with Crippen LogP contribution in [-0.2, 0) is 0 Å². The molecule has 2 nitrogen and oxygen atoms in total. The summed E-state index contributed by atoms with van der Waals surface area (Å²) in [5, 5.41) is 3.34. The molecule has 16 heavy (non-hydrogen) atoms. The molecule has 1 N–H and O–H groups in total. The Morgan fingerprint density at radius 2 is 1.75 bits per heavy atom. The lowest BCUT2D eigenvalue weighted by Crippen LogP contribution is -1.99. The highest BCUT2D eigenvalue weighted by molar-refractivity contribution is 5.59. The molecule has 2 aromatic rings. The molecule has 2 heteroatoms. The molecule has 2 rings (SSSR count). The molecule has 1 heterocycles. The molecular weight excluding hydrogens is 196 g/mol. The predicted octanol–water partition coefficient (Wildman–Crippen LogP) is 3.95. The van der Waals surface area contributed by atoms with Crippen LogP contribution in [0.4, 0.5) is 11.5 Å². The summed E-state index contributed by atoms with van der Waals surface area (Å²) in [5.41, 5.74) is 2.31. The number of hydrogen-bond donors (Lipinski definition) is 1. The van der Waals surface area contributed by atoms with Gasteiger partial charge in [0.25, 0.3) is 0 Å². The third-order valence-corrected chi connectivity index (χ3v) is 2.50. The van der Waals surface area contributed by atoms with Crippen molar-refractivity contribution in [2.45, 2.75) is 19.8 Å². The van der Waals surface area contributed by atoms with Crippen LogP contribution >= 0.6 is 0 Å². The molecule has 0 aliphatic carbocycles. The second kappa shape index (κ2) is 4.79. The molecule has 0 bridgehead atoms. The minimum absolute atomic E-state index is 0.472. The highest BCUT2D eigenvalue weighted by atomic mass is 15.0. The molecule has 0 spiro atoms. The lowest BCUT2D eigenvalue weighted by Gasteiger charge is -2.12. The molecule has 0 saturated heterocycles. The molecule has 82 valence electrons. The van der Waals surface area contributed by atoms with Crippen LogP contribution in [-0.4, -0.2) is 4.98 Å². The number of nitrogens with one attached hydrogen (secondary N) is 1. The van der Waals surface area contributed by atoms with Crippen molar-refractivity contribution >= 4 is 11.5 Å². The summed E-state index contributed by atoms with van der Waals surface area (Å²) >= 11 is 0. The van der Waals surface area contributed by atoms with E-state index in [1.165, 1.54) is 5.56 Å². The van der Waals surface area contributed by atoms with Gasteiger partial charge in [0.05, 0.1) is 0 Å². The van der Waals surface area contributed by atoms with Crippen LogP contribution in [0.15, 0.2) is 48.7 Å². The Kier molecular flexibility index (Phi) is 3.20. The van der Waals surface area contributed by atoms with Crippen molar-refractivity contribution < 1.29 is 0 Å². The van der Waals surface area contributed by atoms with E-state index in [0.29, 0.717) is 5.92 Å². The van der Waals surface area contributed by atoms with Crippen LogP contribution in [0.1, 0.15) is 25.3 Å². The van der Waals surface area contributed by atoms with Crippen molar-refractivity contribution in [3.05, 3.63) is 54.2 Å². The van der Waals surface area contributed by atoms with E-state index in [1.807, 2.05) is 42.6 Å². The second-order valence-corrected chi connectivity index (χ2v) is 4.09. The SMILES string of the molecule is CC(C)c1cccnc1Nc1ccccc1. The van der Waals surface area contributed by atoms with Crippen molar-refractivity contribution in [3.63, 3.8) is 0 Å². The van der Waals surface area contributed by atoms with E-state index in [9.17, 15) is 0 Å². The number of rotatable bonds is 3. The van der Waals surface area contributed by atoms with E-state index in [1.54, 1.807) is 0 Å². The summed E-state index contributed by atoms with van der Waals surface area (Å²) < 4.78 is 0. The molecule has 1 aromatic heterocycles. The highest BCUT2D eigenvalue weighted by Gasteiger charge is 2.06. The van der Waals surface area contributed by atoms with Gasteiger partial charge in [-0.1, -0.05) is 38.1 Å². The van der Waals surface area contributed by atoms with Gasteiger partial charge in [-0.2, -0.15) is 0 Å². The van der Waals surface area contributed by atoms with Crippen LogP contribution in [0.2, 0.25) is 0 Å². The zero-order chi connectivity index (χ0) is 11.4. The van der Waals surface area contributed by atoms with E-state index < -0.39 is 0 Å². The molecule has 0 atom stereocenters. The van der Waals surface area contributed by atoms with Gasteiger partial charge in [0.2, 0.25) is 0 Å². The van der Waals surface area contributed by atoms with Gasteiger partial charge in [-0.15, -0.1) is 0 Å². The van der Waals surface area contributed by atoms with E-state index in [-0.39, 0.29) is 0 Å². The fraction of sp³-hybridized carbons (Fsp3) is 0.214. The van der Waals surface area contributed by atoms with Gasteiger partial charge in [0.15, 0.2) is 0 Å². The summed E-state index contributed by atoms with van der Waals surface area (Å²) in [4.78, 5) is 4.38. The van der Waals surface area contributed by atoms with Crippen LogP contribution in [0.5, 0.6) is 0 Å². The van der Waals surface area contributed by atoms with Crippen LogP contribution in [0.25, 0.3) is 0 Å². The zero-order valence-corrected chi connectivity index (χ0v) is 9.64.